The third-order valence-corrected chi connectivity index (χ3v) is 2.49. The van der Waals surface area contributed by atoms with Crippen molar-refractivity contribution < 1.29 is 0 Å². The molecule has 2 rings (SSSR count). The predicted octanol–water partition coefficient (Wildman–Crippen LogP) is 0.414. The second-order valence-electron chi connectivity index (χ2n) is 3.88. The third kappa shape index (κ3) is 3.12. The van der Waals surface area contributed by atoms with E-state index in [4.69, 9.17) is 5.26 Å². The Labute approximate surface area is 105 Å². The molecule has 0 radical (unpaired) electrons. The van der Waals surface area contributed by atoms with Gasteiger partial charge in [0.2, 0.25) is 0 Å². The summed E-state index contributed by atoms with van der Waals surface area (Å²) in [5, 5.41) is 16.3. The van der Waals surface area contributed by atoms with Gasteiger partial charge in [-0.1, -0.05) is 6.07 Å². The predicted molar refractivity (Wildman–Crippen MR) is 65.4 cm³/mol. The first-order chi connectivity index (χ1) is 8.79. The maximum absolute atomic E-state index is 8.89. The summed E-state index contributed by atoms with van der Waals surface area (Å²) < 4.78 is 1.68. The van der Waals surface area contributed by atoms with E-state index in [0.717, 1.165) is 24.4 Å². The third-order valence-electron chi connectivity index (χ3n) is 2.49. The van der Waals surface area contributed by atoms with Gasteiger partial charge in [0.25, 0.3) is 0 Å². The summed E-state index contributed by atoms with van der Waals surface area (Å²) in [7, 11) is 1.85. The highest BCUT2D eigenvalue weighted by Crippen LogP contribution is 2.02. The van der Waals surface area contributed by atoms with Crippen LogP contribution in [0.1, 0.15) is 17.1 Å². The van der Waals surface area contributed by atoms with E-state index in [2.05, 4.69) is 26.5 Å². The van der Waals surface area contributed by atoms with Gasteiger partial charge in [0.1, 0.15) is 18.1 Å². The van der Waals surface area contributed by atoms with Gasteiger partial charge in [-0.25, -0.2) is 9.97 Å². The van der Waals surface area contributed by atoms with Crippen LogP contribution in [-0.2, 0) is 20.0 Å². The van der Waals surface area contributed by atoms with Crippen LogP contribution in [0.4, 0.5) is 0 Å². The summed E-state index contributed by atoms with van der Waals surface area (Å²) in [6.45, 7) is 1.40. The number of aryl methyl sites for hydroxylation is 1. The largest absolute Gasteiger partial charge is 0.312 e. The summed E-state index contributed by atoms with van der Waals surface area (Å²) >= 11 is 0. The maximum atomic E-state index is 8.89. The molecule has 0 spiro atoms. The molecule has 6 heteroatoms. The molecule has 2 aromatic rings. The molecular weight excluding hydrogens is 228 g/mol. The van der Waals surface area contributed by atoms with Gasteiger partial charge in [-0.15, -0.1) is 0 Å². The highest BCUT2D eigenvalue weighted by molar-refractivity contribution is 5.30. The molecule has 0 bridgehead atoms. The molecule has 0 aliphatic heterocycles. The van der Waals surface area contributed by atoms with Gasteiger partial charge in [-0.3, -0.25) is 4.68 Å². The van der Waals surface area contributed by atoms with Crippen molar-refractivity contribution in [2.75, 3.05) is 6.54 Å². The van der Waals surface area contributed by atoms with Gasteiger partial charge < -0.3 is 5.32 Å². The number of hydrogen-bond acceptors (Lipinski definition) is 5. The lowest BCUT2D eigenvalue weighted by molar-refractivity contribution is 0.659. The Hall–Kier alpha value is -2.26. The fourth-order valence-corrected chi connectivity index (χ4v) is 1.60. The van der Waals surface area contributed by atoms with E-state index < -0.39 is 0 Å². The number of nitriles is 1. The van der Waals surface area contributed by atoms with Crippen LogP contribution in [0.5, 0.6) is 0 Å². The Bertz CT molecular complexity index is 554. The molecule has 1 N–H and O–H groups in total. The Morgan fingerprint density at radius 3 is 3.06 bits per heavy atom. The minimum atomic E-state index is 0.473. The van der Waals surface area contributed by atoms with Crippen LogP contribution in [0.2, 0.25) is 0 Å². The molecule has 0 atom stereocenters. The highest BCUT2D eigenvalue weighted by atomic mass is 15.3. The van der Waals surface area contributed by atoms with Crippen molar-refractivity contribution in [1.29, 1.82) is 5.26 Å². The molecule has 0 aromatic carbocycles. The first-order valence-electron chi connectivity index (χ1n) is 5.69. The van der Waals surface area contributed by atoms with Gasteiger partial charge in [0.15, 0.2) is 5.82 Å². The topological polar surface area (TPSA) is 79.4 Å². The van der Waals surface area contributed by atoms with Crippen molar-refractivity contribution in [2.24, 2.45) is 7.05 Å². The number of hydrogen-bond donors (Lipinski definition) is 1. The fraction of sp³-hybridized carbons (Fsp3) is 0.333. The minimum absolute atomic E-state index is 0.473. The number of nitrogens with zero attached hydrogens (tertiary/aromatic N) is 5. The van der Waals surface area contributed by atoms with Gasteiger partial charge in [0, 0.05) is 38.3 Å². The zero-order chi connectivity index (χ0) is 12.8. The lowest BCUT2D eigenvalue weighted by Gasteiger charge is -2.04. The van der Waals surface area contributed by atoms with Crippen LogP contribution >= 0.6 is 0 Å². The summed E-state index contributed by atoms with van der Waals surface area (Å²) in [5.41, 5.74) is 1.38. The lowest BCUT2D eigenvalue weighted by Crippen LogP contribution is -2.18. The van der Waals surface area contributed by atoms with Crippen LogP contribution < -0.4 is 5.32 Å². The van der Waals surface area contributed by atoms with Gasteiger partial charge in [-0.05, 0) is 6.07 Å². The summed E-state index contributed by atoms with van der Waals surface area (Å²) in [6, 6.07) is 5.81. The molecule has 0 amide bonds. The zero-order valence-corrected chi connectivity index (χ0v) is 10.2. The minimum Gasteiger partial charge on any atom is -0.312 e. The molecule has 92 valence electrons. The molecule has 2 aromatic heterocycles. The molecule has 18 heavy (non-hydrogen) atoms. The number of nitrogens with one attached hydrogen (secondary N) is 1. The average Bonchev–Trinajstić information content (AvgIpc) is 2.81. The van der Waals surface area contributed by atoms with Crippen LogP contribution in [0.3, 0.4) is 0 Å². The number of rotatable bonds is 5. The van der Waals surface area contributed by atoms with E-state index >= 15 is 0 Å². The lowest BCUT2D eigenvalue weighted by atomic mass is 10.2. The first-order valence-corrected chi connectivity index (χ1v) is 5.69. The first kappa shape index (κ1) is 12.2. The van der Waals surface area contributed by atoms with Crippen molar-refractivity contribution in [3.8, 4) is 6.07 Å². The molecular formula is C12H14N6. The molecule has 6 nitrogen and oxygen atoms in total. The number of pyridine rings is 1. The van der Waals surface area contributed by atoms with Gasteiger partial charge in [-0.2, -0.15) is 10.4 Å². The Morgan fingerprint density at radius 2 is 2.33 bits per heavy atom. The smallest absolute Gasteiger partial charge is 0.151 e. The standard InChI is InChI=1S/C12H14N6/c1-18-9-16-12(17-18)4-6-14-8-10-3-2-5-15-11(10)7-13/h2-3,5,9,14H,4,6,8H2,1H3. The van der Waals surface area contributed by atoms with Crippen molar-refractivity contribution in [2.45, 2.75) is 13.0 Å². The SMILES string of the molecule is Cn1cnc(CCNCc2cccnc2C#N)n1. The fourth-order valence-electron chi connectivity index (χ4n) is 1.60. The van der Waals surface area contributed by atoms with Gasteiger partial charge >= 0.3 is 0 Å². The summed E-state index contributed by atoms with van der Waals surface area (Å²) in [5.74, 6) is 0.816. The zero-order valence-electron chi connectivity index (χ0n) is 10.2. The second kappa shape index (κ2) is 5.89. The van der Waals surface area contributed by atoms with Crippen molar-refractivity contribution in [1.82, 2.24) is 25.1 Å². The van der Waals surface area contributed by atoms with Gasteiger partial charge in [0.05, 0.1) is 0 Å². The van der Waals surface area contributed by atoms with Crippen LogP contribution in [-0.4, -0.2) is 26.3 Å². The molecule has 0 saturated carbocycles. The van der Waals surface area contributed by atoms with E-state index in [1.54, 1.807) is 17.2 Å². The molecule has 2 heterocycles. The molecule has 0 unspecified atom stereocenters. The van der Waals surface area contributed by atoms with E-state index in [1.807, 2.05) is 19.2 Å². The molecule has 0 aliphatic rings. The van der Waals surface area contributed by atoms with Crippen LogP contribution in [0, 0.1) is 11.3 Å². The van der Waals surface area contributed by atoms with E-state index in [0.29, 0.717) is 12.2 Å². The Morgan fingerprint density at radius 1 is 1.44 bits per heavy atom. The van der Waals surface area contributed by atoms with E-state index in [9.17, 15) is 0 Å². The molecule has 0 fully saturated rings. The monoisotopic (exact) mass is 242 g/mol. The van der Waals surface area contributed by atoms with E-state index in [1.165, 1.54) is 0 Å². The Kier molecular flexibility index (Phi) is 3.99. The summed E-state index contributed by atoms with van der Waals surface area (Å²) in [6.07, 6.45) is 4.08. The normalized spacial score (nSPS) is 10.2. The second-order valence-corrected chi connectivity index (χ2v) is 3.88. The highest BCUT2D eigenvalue weighted by Gasteiger charge is 2.02. The number of aromatic nitrogens is 4. The molecule has 0 saturated heterocycles. The van der Waals surface area contributed by atoms with Crippen molar-refractivity contribution in [3.05, 3.63) is 41.7 Å². The average molecular weight is 242 g/mol. The van der Waals surface area contributed by atoms with Crippen molar-refractivity contribution >= 4 is 0 Å². The maximum Gasteiger partial charge on any atom is 0.151 e. The van der Waals surface area contributed by atoms with Crippen LogP contribution in [0.25, 0.3) is 0 Å². The van der Waals surface area contributed by atoms with Crippen LogP contribution in [0.15, 0.2) is 24.7 Å². The Balaban J connectivity index is 1.80. The summed E-state index contributed by atoms with van der Waals surface area (Å²) in [4.78, 5) is 8.15. The van der Waals surface area contributed by atoms with E-state index in [-0.39, 0.29) is 0 Å². The molecule has 0 aliphatic carbocycles. The quantitative estimate of drug-likeness (QED) is 0.768. The van der Waals surface area contributed by atoms with Crippen molar-refractivity contribution in [3.63, 3.8) is 0 Å².